The van der Waals surface area contributed by atoms with Crippen LogP contribution in [0.15, 0.2) is 45.6 Å². The fraction of sp³-hybridized carbons (Fsp3) is 0.292. The van der Waals surface area contributed by atoms with Crippen molar-refractivity contribution in [3.05, 3.63) is 62.9 Å². The third-order valence-electron chi connectivity index (χ3n) is 5.74. The number of aromatic nitrogens is 3. The van der Waals surface area contributed by atoms with Crippen molar-refractivity contribution in [3.8, 4) is 0 Å². The summed E-state index contributed by atoms with van der Waals surface area (Å²) in [6.45, 7) is 8.37. The van der Waals surface area contributed by atoms with Crippen molar-refractivity contribution in [1.82, 2.24) is 14.8 Å². The molecule has 0 fully saturated rings. The number of carbonyl (C=O) groups excluding carboxylic acids is 2. The van der Waals surface area contributed by atoms with Gasteiger partial charge in [-0.25, -0.2) is 14.4 Å². The summed E-state index contributed by atoms with van der Waals surface area (Å²) < 4.78 is 16.5. The Bertz CT molecular complexity index is 1470. The fourth-order valence-corrected chi connectivity index (χ4v) is 4.87. The molecule has 2 aliphatic heterocycles. The number of rotatable bonds is 3. The third-order valence-corrected chi connectivity index (χ3v) is 7.33. The number of carbonyl (C=O) groups is 2. The number of aliphatic imine (C=N–C) groups is 1. The molecule has 178 valence electrons. The smallest absolute Gasteiger partial charge is 0.285 e. The molecular formula is C24H22FN7O2S. The zero-order chi connectivity index (χ0) is 25.1. The molecule has 0 aromatic carbocycles. The van der Waals surface area contributed by atoms with Gasteiger partial charge in [-0.15, -0.1) is 21.6 Å². The second-order valence-corrected chi connectivity index (χ2v) is 10.5. The van der Waals surface area contributed by atoms with Crippen LogP contribution < -0.4 is 4.90 Å². The standard InChI is InChI=1S/C24H22FN7O2S/c1-12-8-19(30-31(12)5)26-17-10-16(28-29-22(17)33)15-7-6-14(25)21(27-15)32-11-13-9-18(24(2,3)4)35-20(13)23(32)34/h6-10H,11H2,1-5H3. The molecule has 11 heteroatoms. The summed E-state index contributed by atoms with van der Waals surface area (Å²) in [6, 6.07) is 6.39. The minimum absolute atomic E-state index is 0.0370. The first-order valence-corrected chi connectivity index (χ1v) is 11.7. The van der Waals surface area contributed by atoms with Gasteiger partial charge >= 0.3 is 5.91 Å². The SMILES string of the molecule is Cc1cc(N=C2C=C(c3ccc(F)c(N4Cc5cc(C(C)(C)C)sc5C4=O)n3)N=NC2=O)nn1C. The van der Waals surface area contributed by atoms with Crippen LogP contribution in [0.4, 0.5) is 16.0 Å². The first-order valence-electron chi connectivity index (χ1n) is 10.9. The predicted molar refractivity (Wildman–Crippen MR) is 131 cm³/mol. The monoisotopic (exact) mass is 491 g/mol. The summed E-state index contributed by atoms with van der Waals surface area (Å²) in [5.74, 6) is -1.27. The highest BCUT2D eigenvalue weighted by Gasteiger charge is 2.35. The van der Waals surface area contributed by atoms with Crippen LogP contribution in [0.2, 0.25) is 0 Å². The van der Waals surface area contributed by atoms with E-state index in [-0.39, 0.29) is 40.8 Å². The van der Waals surface area contributed by atoms with Crippen LogP contribution in [0, 0.1) is 12.7 Å². The summed E-state index contributed by atoms with van der Waals surface area (Å²) in [7, 11) is 1.77. The van der Waals surface area contributed by atoms with Crippen molar-refractivity contribution in [3.63, 3.8) is 0 Å². The van der Waals surface area contributed by atoms with Gasteiger partial charge in [0.05, 0.1) is 17.1 Å². The quantitative estimate of drug-likeness (QED) is 0.520. The molecule has 5 rings (SSSR count). The maximum absolute atomic E-state index is 14.8. The van der Waals surface area contributed by atoms with Crippen LogP contribution >= 0.6 is 11.3 Å². The van der Waals surface area contributed by atoms with Gasteiger partial charge in [0, 0.05) is 23.7 Å². The van der Waals surface area contributed by atoms with Crippen LogP contribution in [0.1, 0.15) is 52.3 Å². The van der Waals surface area contributed by atoms with E-state index in [4.69, 9.17) is 0 Å². The van der Waals surface area contributed by atoms with E-state index in [0.29, 0.717) is 10.7 Å². The van der Waals surface area contributed by atoms with Crippen LogP contribution in [-0.4, -0.2) is 32.3 Å². The Kier molecular flexibility index (Phi) is 5.32. The van der Waals surface area contributed by atoms with Gasteiger partial charge in [-0.2, -0.15) is 5.10 Å². The summed E-state index contributed by atoms with van der Waals surface area (Å²) in [4.78, 5) is 37.0. The Labute approximate surface area is 204 Å². The molecule has 0 saturated carbocycles. The van der Waals surface area contributed by atoms with Crippen molar-refractivity contribution in [2.45, 2.75) is 39.7 Å². The first-order chi connectivity index (χ1) is 16.5. The molecule has 2 aliphatic rings. The molecule has 9 nitrogen and oxygen atoms in total. The van der Waals surface area contributed by atoms with Crippen LogP contribution in [-0.2, 0) is 23.8 Å². The molecule has 3 aromatic rings. The van der Waals surface area contributed by atoms with E-state index in [1.165, 1.54) is 34.4 Å². The lowest BCUT2D eigenvalue weighted by Gasteiger charge is -2.19. The molecule has 35 heavy (non-hydrogen) atoms. The summed E-state index contributed by atoms with van der Waals surface area (Å²) >= 11 is 1.43. The van der Waals surface area contributed by atoms with Crippen LogP contribution in [0.25, 0.3) is 5.70 Å². The number of nitrogens with zero attached hydrogens (tertiary/aromatic N) is 7. The van der Waals surface area contributed by atoms with Crippen molar-refractivity contribution < 1.29 is 14.0 Å². The van der Waals surface area contributed by atoms with E-state index in [9.17, 15) is 14.0 Å². The first kappa shape index (κ1) is 22.9. The molecule has 0 radical (unpaired) electrons. The van der Waals surface area contributed by atoms with Crippen molar-refractivity contribution in [2.75, 3.05) is 4.90 Å². The van der Waals surface area contributed by atoms with Gasteiger partial charge < -0.3 is 0 Å². The Balaban J connectivity index is 1.47. The molecule has 3 aromatic heterocycles. The lowest BCUT2D eigenvalue weighted by molar-refractivity contribution is -0.112. The molecule has 0 aliphatic carbocycles. The highest BCUT2D eigenvalue weighted by molar-refractivity contribution is 7.14. The number of hydrogen-bond acceptors (Lipinski definition) is 7. The van der Waals surface area contributed by atoms with Gasteiger partial charge in [-0.05, 0) is 42.2 Å². The zero-order valence-electron chi connectivity index (χ0n) is 19.8. The zero-order valence-corrected chi connectivity index (χ0v) is 20.6. The summed E-state index contributed by atoms with van der Waals surface area (Å²) in [5.41, 5.74) is 2.19. The topological polar surface area (TPSA) is 105 Å². The van der Waals surface area contributed by atoms with Gasteiger partial charge in [-0.1, -0.05) is 20.8 Å². The Morgan fingerprint density at radius 3 is 2.57 bits per heavy atom. The number of fused-ring (bicyclic) bond motifs is 1. The molecule has 0 saturated heterocycles. The number of azo groups is 1. The fourth-order valence-electron chi connectivity index (χ4n) is 3.69. The number of halogens is 1. The largest absolute Gasteiger partial charge is 0.314 e. The molecule has 0 spiro atoms. The van der Waals surface area contributed by atoms with Crippen molar-refractivity contribution >= 4 is 46.2 Å². The van der Waals surface area contributed by atoms with Gasteiger partial charge in [-0.3, -0.25) is 19.2 Å². The predicted octanol–water partition coefficient (Wildman–Crippen LogP) is 4.89. The molecule has 0 atom stereocenters. The van der Waals surface area contributed by atoms with Gasteiger partial charge in [0.2, 0.25) is 0 Å². The van der Waals surface area contributed by atoms with Crippen LogP contribution in [0.5, 0.6) is 0 Å². The Morgan fingerprint density at radius 1 is 1.14 bits per heavy atom. The maximum atomic E-state index is 14.8. The molecule has 0 bridgehead atoms. The normalized spacial score (nSPS) is 16.9. The molecular weight excluding hydrogens is 469 g/mol. The number of amides is 2. The van der Waals surface area contributed by atoms with Crippen LogP contribution in [0.3, 0.4) is 0 Å². The molecule has 0 N–H and O–H groups in total. The maximum Gasteiger partial charge on any atom is 0.314 e. The van der Waals surface area contributed by atoms with E-state index in [1.807, 2.05) is 13.0 Å². The lowest BCUT2D eigenvalue weighted by Crippen LogP contribution is -2.26. The molecule has 5 heterocycles. The number of aryl methyl sites for hydroxylation is 2. The third kappa shape index (κ3) is 4.12. The number of thiophene rings is 1. The van der Waals surface area contributed by atoms with Gasteiger partial charge in [0.15, 0.2) is 17.5 Å². The molecule has 2 amide bonds. The average molecular weight is 492 g/mol. The minimum Gasteiger partial charge on any atom is -0.285 e. The summed E-state index contributed by atoms with van der Waals surface area (Å²) in [5, 5.41) is 11.8. The van der Waals surface area contributed by atoms with Gasteiger partial charge in [0.1, 0.15) is 11.4 Å². The van der Waals surface area contributed by atoms with Crippen molar-refractivity contribution in [1.29, 1.82) is 0 Å². The van der Waals surface area contributed by atoms with E-state index < -0.39 is 11.7 Å². The second kappa shape index (κ2) is 8.12. The Morgan fingerprint density at radius 2 is 1.91 bits per heavy atom. The number of anilines is 1. The average Bonchev–Trinajstić information content (AvgIpc) is 3.44. The molecule has 0 unspecified atom stereocenters. The Hall–Kier alpha value is -3.86. The minimum atomic E-state index is -0.629. The van der Waals surface area contributed by atoms with E-state index in [1.54, 1.807) is 17.8 Å². The van der Waals surface area contributed by atoms with E-state index in [2.05, 4.69) is 46.1 Å². The van der Waals surface area contributed by atoms with Crippen molar-refractivity contribution in [2.24, 2.45) is 22.3 Å². The highest BCUT2D eigenvalue weighted by atomic mass is 32.1. The lowest BCUT2D eigenvalue weighted by atomic mass is 9.94. The number of hydrogen-bond donors (Lipinski definition) is 0. The van der Waals surface area contributed by atoms with E-state index >= 15 is 0 Å². The van der Waals surface area contributed by atoms with Gasteiger partial charge in [0.25, 0.3) is 5.91 Å². The second-order valence-electron chi connectivity index (χ2n) is 9.41. The number of pyridine rings is 1. The highest BCUT2D eigenvalue weighted by Crippen LogP contribution is 2.39. The summed E-state index contributed by atoms with van der Waals surface area (Å²) in [6.07, 6.45) is 1.43. The van der Waals surface area contributed by atoms with E-state index in [0.717, 1.165) is 16.1 Å².